The predicted molar refractivity (Wildman–Crippen MR) is 101 cm³/mol. The summed E-state index contributed by atoms with van der Waals surface area (Å²) >= 11 is 0. The highest BCUT2D eigenvalue weighted by Crippen LogP contribution is 2.29. The smallest absolute Gasteiger partial charge is 0.241 e. The number of sulfonamides is 1. The summed E-state index contributed by atoms with van der Waals surface area (Å²) in [7, 11) is -2.05. The van der Waals surface area contributed by atoms with E-state index >= 15 is 0 Å². The summed E-state index contributed by atoms with van der Waals surface area (Å²) in [5.74, 6) is 1.06. The summed E-state index contributed by atoms with van der Waals surface area (Å²) in [6.45, 7) is 7.86. The minimum atomic E-state index is -3.64. The Morgan fingerprint density at radius 1 is 1.00 bits per heavy atom. The van der Waals surface area contributed by atoms with Gasteiger partial charge in [-0.25, -0.2) is 13.1 Å². The molecule has 0 aromatic heterocycles. The van der Waals surface area contributed by atoms with Gasteiger partial charge in [0, 0.05) is 6.04 Å². The number of ether oxygens (including phenoxy) is 1. The van der Waals surface area contributed by atoms with Crippen molar-refractivity contribution in [3.05, 3.63) is 59.2 Å². The molecule has 0 radical (unpaired) electrons. The molecule has 136 valence electrons. The van der Waals surface area contributed by atoms with Gasteiger partial charge in [0.15, 0.2) is 0 Å². The largest absolute Gasteiger partial charge is 0.496 e. The molecule has 0 spiro atoms. The standard InChI is InChI=1S/C20H27NO3S/c1-14(2)13-18(17-9-7-6-8-10-17)21-25(22,23)20-12-11-19(24-5)15(3)16(20)4/h6-12,14,18,21H,13H2,1-5H3. The zero-order valence-corrected chi connectivity index (χ0v) is 16.4. The van der Waals surface area contributed by atoms with Crippen molar-refractivity contribution in [3.8, 4) is 5.75 Å². The minimum absolute atomic E-state index is 0.256. The molecule has 1 unspecified atom stereocenters. The van der Waals surface area contributed by atoms with Crippen molar-refractivity contribution >= 4 is 10.0 Å². The maximum Gasteiger partial charge on any atom is 0.241 e. The molecule has 0 aliphatic carbocycles. The topological polar surface area (TPSA) is 55.4 Å². The Morgan fingerprint density at radius 2 is 1.64 bits per heavy atom. The molecule has 0 fully saturated rings. The van der Waals surface area contributed by atoms with Crippen LogP contribution in [0.3, 0.4) is 0 Å². The first kappa shape index (κ1) is 19.5. The van der Waals surface area contributed by atoms with Gasteiger partial charge < -0.3 is 4.74 Å². The molecule has 4 nitrogen and oxygen atoms in total. The van der Waals surface area contributed by atoms with Crippen LogP contribution in [0.15, 0.2) is 47.4 Å². The molecular formula is C20H27NO3S. The van der Waals surface area contributed by atoms with Crippen molar-refractivity contribution in [1.29, 1.82) is 0 Å². The van der Waals surface area contributed by atoms with Crippen molar-refractivity contribution in [2.45, 2.75) is 45.1 Å². The van der Waals surface area contributed by atoms with Crippen molar-refractivity contribution in [1.82, 2.24) is 4.72 Å². The molecular weight excluding hydrogens is 334 g/mol. The van der Waals surface area contributed by atoms with Crippen molar-refractivity contribution in [2.75, 3.05) is 7.11 Å². The first-order valence-corrected chi connectivity index (χ1v) is 9.96. The molecule has 1 atom stereocenters. The molecule has 1 N–H and O–H groups in total. The highest BCUT2D eigenvalue weighted by atomic mass is 32.2. The van der Waals surface area contributed by atoms with E-state index in [2.05, 4.69) is 18.6 Å². The van der Waals surface area contributed by atoms with Crippen molar-refractivity contribution in [2.24, 2.45) is 5.92 Å². The van der Waals surface area contributed by atoms with Crippen LogP contribution in [0.5, 0.6) is 5.75 Å². The summed E-state index contributed by atoms with van der Waals surface area (Å²) in [6, 6.07) is 12.8. The Kier molecular flexibility index (Phi) is 6.25. The fourth-order valence-corrected chi connectivity index (χ4v) is 4.48. The van der Waals surface area contributed by atoms with Gasteiger partial charge in [-0.15, -0.1) is 0 Å². The Balaban J connectivity index is 2.39. The summed E-state index contributed by atoms with van der Waals surface area (Å²) in [5.41, 5.74) is 2.52. The maximum absolute atomic E-state index is 13.0. The number of nitrogens with one attached hydrogen (secondary N) is 1. The third kappa shape index (κ3) is 4.61. The second-order valence-corrected chi connectivity index (χ2v) is 8.41. The maximum atomic E-state index is 13.0. The molecule has 2 aromatic carbocycles. The average molecular weight is 362 g/mol. The number of hydrogen-bond acceptors (Lipinski definition) is 3. The highest BCUT2D eigenvalue weighted by Gasteiger charge is 2.24. The lowest BCUT2D eigenvalue weighted by molar-refractivity contribution is 0.410. The quantitative estimate of drug-likeness (QED) is 0.796. The van der Waals surface area contributed by atoms with E-state index in [1.807, 2.05) is 44.2 Å². The monoisotopic (exact) mass is 361 g/mol. The lowest BCUT2D eigenvalue weighted by Gasteiger charge is -2.22. The van der Waals surface area contributed by atoms with E-state index in [1.54, 1.807) is 19.2 Å². The lowest BCUT2D eigenvalue weighted by atomic mass is 9.98. The highest BCUT2D eigenvalue weighted by molar-refractivity contribution is 7.89. The van der Waals surface area contributed by atoms with E-state index < -0.39 is 10.0 Å². The molecule has 2 rings (SSSR count). The first-order valence-electron chi connectivity index (χ1n) is 8.47. The van der Waals surface area contributed by atoms with Gasteiger partial charge in [0.2, 0.25) is 10.0 Å². The zero-order valence-electron chi connectivity index (χ0n) is 15.5. The van der Waals surface area contributed by atoms with Crippen LogP contribution in [0.25, 0.3) is 0 Å². The Bertz CT molecular complexity index is 814. The van der Waals surface area contributed by atoms with Crippen LogP contribution < -0.4 is 9.46 Å². The zero-order chi connectivity index (χ0) is 18.6. The molecule has 0 heterocycles. The molecule has 0 amide bonds. The SMILES string of the molecule is COc1ccc(S(=O)(=O)NC(CC(C)C)c2ccccc2)c(C)c1C. The van der Waals surface area contributed by atoms with Crippen LogP contribution in [0.4, 0.5) is 0 Å². The minimum Gasteiger partial charge on any atom is -0.496 e. The molecule has 25 heavy (non-hydrogen) atoms. The summed E-state index contributed by atoms with van der Waals surface area (Å²) < 4.78 is 34.2. The van der Waals surface area contributed by atoms with Gasteiger partial charge in [0.25, 0.3) is 0 Å². The lowest BCUT2D eigenvalue weighted by Crippen LogP contribution is -2.30. The Labute approximate surface area is 151 Å². The molecule has 0 saturated carbocycles. The predicted octanol–water partition coefficient (Wildman–Crippen LogP) is 4.38. The molecule has 0 aliphatic rings. The normalized spacial score (nSPS) is 13.0. The van der Waals surface area contributed by atoms with Crippen LogP contribution in [0.2, 0.25) is 0 Å². The van der Waals surface area contributed by atoms with Crippen LogP contribution in [-0.4, -0.2) is 15.5 Å². The van der Waals surface area contributed by atoms with Gasteiger partial charge in [-0.2, -0.15) is 0 Å². The van der Waals surface area contributed by atoms with Gasteiger partial charge in [-0.1, -0.05) is 44.2 Å². The third-order valence-corrected chi connectivity index (χ3v) is 6.02. The molecule has 5 heteroatoms. The number of rotatable bonds is 7. The summed E-state index contributed by atoms with van der Waals surface area (Å²) in [6.07, 6.45) is 0.734. The molecule has 0 aliphatic heterocycles. The van der Waals surface area contributed by atoms with E-state index in [1.165, 1.54) is 0 Å². The number of methoxy groups -OCH3 is 1. The van der Waals surface area contributed by atoms with Gasteiger partial charge in [-0.3, -0.25) is 0 Å². The van der Waals surface area contributed by atoms with Crippen LogP contribution in [0, 0.1) is 19.8 Å². The number of benzene rings is 2. The average Bonchev–Trinajstić information content (AvgIpc) is 2.56. The van der Waals surface area contributed by atoms with Gasteiger partial charge in [-0.05, 0) is 55.0 Å². The van der Waals surface area contributed by atoms with E-state index in [0.717, 1.165) is 17.5 Å². The van der Waals surface area contributed by atoms with E-state index in [4.69, 9.17) is 4.74 Å². The van der Waals surface area contributed by atoms with Gasteiger partial charge in [0.1, 0.15) is 5.75 Å². The fourth-order valence-electron chi connectivity index (χ4n) is 2.94. The third-order valence-electron chi connectivity index (χ3n) is 4.40. The van der Waals surface area contributed by atoms with Gasteiger partial charge in [0.05, 0.1) is 12.0 Å². The number of hydrogen-bond donors (Lipinski definition) is 1. The molecule has 2 aromatic rings. The molecule has 0 saturated heterocycles. The van der Waals surface area contributed by atoms with Crippen LogP contribution in [-0.2, 0) is 10.0 Å². The van der Waals surface area contributed by atoms with Crippen molar-refractivity contribution in [3.63, 3.8) is 0 Å². The second kappa shape index (κ2) is 8.02. The second-order valence-electron chi connectivity index (χ2n) is 6.73. The van der Waals surface area contributed by atoms with Gasteiger partial charge >= 0.3 is 0 Å². The van der Waals surface area contributed by atoms with E-state index in [0.29, 0.717) is 22.1 Å². The first-order chi connectivity index (χ1) is 11.8. The van der Waals surface area contributed by atoms with E-state index in [-0.39, 0.29) is 6.04 Å². The Morgan fingerprint density at radius 3 is 2.20 bits per heavy atom. The van der Waals surface area contributed by atoms with Crippen molar-refractivity contribution < 1.29 is 13.2 Å². The fraction of sp³-hybridized carbons (Fsp3) is 0.400. The van der Waals surface area contributed by atoms with E-state index in [9.17, 15) is 8.42 Å². The summed E-state index contributed by atoms with van der Waals surface area (Å²) in [4.78, 5) is 0.301. The molecule has 0 bridgehead atoms. The Hall–Kier alpha value is -1.85. The van der Waals surface area contributed by atoms with Crippen LogP contribution in [0.1, 0.15) is 43.0 Å². The summed E-state index contributed by atoms with van der Waals surface area (Å²) in [5, 5.41) is 0. The van der Waals surface area contributed by atoms with Crippen LogP contribution >= 0.6 is 0 Å².